The molecule has 0 saturated heterocycles. The predicted octanol–water partition coefficient (Wildman–Crippen LogP) is 3.23. The highest BCUT2D eigenvalue weighted by atomic mass is 16.5. The second kappa shape index (κ2) is 7.17. The molecule has 0 saturated carbocycles. The molecule has 0 aromatic heterocycles. The average Bonchev–Trinajstić information content (AvgIpc) is 2.97. The maximum Gasteiger partial charge on any atom is 0.342 e. The van der Waals surface area contributed by atoms with Gasteiger partial charge in [-0.25, -0.2) is 4.79 Å². The molecule has 1 aromatic carbocycles. The van der Waals surface area contributed by atoms with Gasteiger partial charge in [0.05, 0.1) is 13.0 Å². The molecule has 2 N–H and O–H groups in total. The van der Waals surface area contributed by atoms with Crippen LogP contribution < -0.4 is 4.74 Å². The van der Waals surface area contributed by atoms with E-state index in [1.54, 1.807) is 6.92 Å². The zero-order valence-corrected chi connectivity index (χ0v) is 15.2. The highest BCUT2D eigenvalue weighted by molar-refractivity contribution is 5.98. The lowest BCUT2D eigenvalue weighted by atomic mass is 9.88. The summed E-state index contributed by atoms with van der Waals surface area (Å²) in [6, 6.07) is 0. The van der Waals surface area contributed by atoms with Crippen LogP contribution >= 0.6 is 0 Å². The molecule has 0 bridgehead atoms. The molecule has 1 aliphatic heterocycles. The van der Waals surface area contributed by atoms with Crippen molar-refractivity contribution in [3.63, 3.8) is 0 Å². The van der Waals surface area contributed by atoms with E-state index in [1.165, 1.54) is 7.11 Å². The fourth-order valence-corrected chi connectivity index (χ4v) is 3.09. The van der Waals surface area contributed by atoms with E-state index in [0.29, 0.717) is 23.3 Å². The first-order valence-electron chi connectivity index (χ1n) is 8.18. The van der Waals surface area contributed by atoms with Crippen LogP contribution in [0.5, 0.6) is 11.5 Å². The summed E-state index contributed by atoms with van der Waals surface area (Å²) in [5, 5.41) is 19.7. The van der Waals surface area contributed by atoms with Gasteiger partial charge in [-0.2, -0.15) is 0 Å². The number of hydrogen-bond acceptors (Lipinski definition) is 5. The fourth-order valence-electron chi connectivity index (χ4n) is 3.09. The minimum atomic E-state index is -0.850. The minimum absolute atomic E-state index is 0.122. The van der Waals surface area contributed by atoms with Gasteiger partial charge in [-0.1, -0.05) is 25.5 Å². The maximum absolute atomic E-state index is 11.9. The van der Waals surface area contributed by atoms with Gasteiger partial charge in [-0.15, -0.1) is 0 Å². The molecule has 25 heavy (non-hydrogen) atoms. The van der Waals surface area contributed by atoms with Crippen LogP contribution in [0.25, 0.3) is 0 Å². The minimum Gasteiger partial charge on any atom is -0.507 e. The second-order valence-electron chi connectivity index (χ2n) is 6.48. The van der Waals surface area contributed by atoms with Gasteiger partial charge in [0.25, 0.3) is 0 Å². The van der Waals surface area contributed by atoms with Gasteiger partial charge in [0.2, 0.25) is 0 Å². The van der Waals surface area contributed by atoms with Crippen LogP contribution in [0.3, 0.4) is 0 Å². The van der Waals surface area contributed by atoms with Gasteiger partial charge < -0.3 is 19.7 Å². The van der Waals surface area contributed by atoms with E-state index in [2.05, 4.69) is 0 Å². The third-order valence-electron chi connectivity index (χ3n) is 5.13. The van der Waals surface area contributed by atoms with Crippen molar-refractivity contribution in [1.82, 2.24) is 0 Å². The number of cyclic esters (lactones) is 1. The SMILES string of the molecule is COc1c(C)c2c(c(O)c1C/C=C(\C)C(C)C(C)C(=O)O)C(=O)OC2. The smallest absolute Gasteiger partial charge is 0.342 e. The second-order valence-corrected chi connectivity index (χ2v) is 6.48. The number of aliphatic carboxylic acids is 1. The summed E-state index contributed by atoms with van der Waals surface area (Å²) in [4.78, 5) is 23.0. The largest absolute Gasteiger partial charge is 0.507 e. The number of allylic oxidation sites excluding steroid dienone is 2. The number of carboxylic acid groups (broad SMARTS) is 1. The van der Waals surface area contributed by atoms with Crippen molar-refractivity contribution < 1.29 is 29.3 Å². The first-order valence-corrected chi connectivity index (χ1v) is 8.18. The van der Waals surface area contributed by atoms with E-state index < -0.39 is 17.9 Å². The van der Waals surface area contributed by atoms with E-state index in [1.807, 2.05) is 26.8 Å². The van der Waals surface area contributed by atoms with Gasteiger partial charge >= 0.3 is 11.9 Å². The number of phenolic OH excluding ortho intramolecular Hbond substituents is 1. The highest BCUT2D eigenvalue weighted by Gasteiger charge is 2.32. The molecule has 0 radical (unpaired) electrons. The summed E-state index contributed by atoms with van der Waals surface area (Å²) in [6.07, 6.45) is 2.20. The lowest BCUT2D eigenvalue weighted by Gasteiger charge is -2.18. The average molecular weight is 348 g/mol. The number of carbonyl (C=O) groups is 2. The predicted molar refractivity (Wildman–Crippen MR) is 91.9 cm³/mol. The zero-order valence-electron chi connectivity index (χ0n) is 15.2. The number of hydrogen-bond donors (Lipinski definition) is 2. The molecule has 0 spiro atoms. The number of aromatic hydroxyl groups is 1. The molecule has 6 heteroatoms. The van der Waals surface area contributed by atoms with Crippen molar-refractivity contribution in [1.29, 1.82) is 0 Å². The third-order valence-corrected chi connectivity index (χ3v) is 5.13. The topological polar surface area (TPSA) is 93.1 Å². The number of benzene rings is 1. The van der Waals surface area contributed by atoms with Crippen molar-refractivity contribution in [2.75, 3.05) is 7.11 Å². The molecule has 6 nitrogen and oxygen atoms in total. The highest BCUT2D eigenvalue weighted by Crippen LogP contribution is 2.42. The fraction of sp³-hybridized carbons (Fsp3) is 0.474. The Morgan fingerprint density at radius 2 is 2.00 bits per heavy atom. The van der Waals surface area contributed by atoms with Crippen LogP contribution in [0.1, 0.15) is 47.8 Å². The Morgan fingerprint density at radius 1 is 1.36 bits per heavy atom. The van der Waals surface area contributed by atoms with E-state index in [-0.39, 0.29) is 23.8 Å². The standard InChI is InChI=1S/C19H24O6/c1-9(10(2)11(3)18(21)22)6-7-13-16(20)15-14(8-25-19(15)23)12(4)17(13)24-5/h6,10-11,20H,7-8H2,1-5H3,(H,21,22)/b9-6+. The molecule has 1 aromatic rings. The van der Waals surface area contributed by atoms with Gasteiger partial charge in [-0.05, 0) is 31.7 Å². The summed E-state index contributed by atoms with van der Waals surface area (Å²) in [7, 11) is 1.51. The maximum atomic E-state index is 11.9. The normalized spacial score (nSPS) is 16.2. The van der Waals surface area contributed by atoms with Gasteiger partial charge in [0, 0.05) is 11.1 Å². The molecular formula is C19H24O6. The Bertz CT molecular complexity index is 747. The molecular weight excluding hydrogens is 324 g/mol. The molecule has 0 aliphatic carbocycles. The van der Waals surface area contributed by atoms with Crippen LogP contribution in [0.15, 0.2) is 11.6 Å². The first-order chi connectivity index (χ1) is 11.7. The van der Waals surface area contributed by atoms with Crippen LogP contribution in [0.4, 0.5) is 0 Å². The van der Waals surface area contributed by atoms with Crippen molar-refractivity contribution in [3.8, 4) is 11.5 Å². The van der Waals surface area contributed by atoms with E-state index in [0.717, 1.165) is 11.1 Å². The Balaban J connectivity index is 2.42. The monoisotopic (exact) mass is 348 g/mol. The number of fused-ring (bicyclic) bond motifs is 1. The van der Waals surface area contributed by atoms with Crippen molar-refractivity contribution in [2.45, 2.75) is 40.7 Å². The van der Waals surface area contributed by atoms with Gasteiger partial charge in [0.15, 0.2) is 0 Å². The zero-order chi connectivity index (χ0) is 18.9. The van der Waals surface area contributed by atoms with Crippen molar-refractivity contribution >= 4 is 11.9 Å². The van der Waals surface area contributed by atoms with E-state index in [9.17, 15) is 14.7 Å². The number of methoxy groups -OCH3 is 1. The Morgan fingerprint density at radius 3 is 2.56 bits per heavy atom. The van der Waals surface area contributed by atoms with Crippen molar-refractivity contribution in [2.24, 2.45) is 11.8 Å². The quantitative estimate of drug-likeness (QED) is 0.606. The number of rotatable bonds is 6. The lowest BCUT2D eigenvalue weighted by molar-refractivity contribution is -0.142. The van der Waals surface area contributed by atoms with Crippen LogP contribution in [0.2, 0.25) is 0 Å². The first kappa shape index (κ1) is 18.8. The van der Waals surface area contributed by atoms with Crippen LogP contribution in [-0.2, 0) is 22.6 Å². The molecule has 0 fully saturated rings. The molecule has 136 valence electrons. The van der Waals surface area contributed by atoms with Crippen LogP contribution in [-0.4, -0.2) is 29.3 Å². The van der Waals surface area contributed by atoms with E-state index >= 15 is 0 Å². The van der Waals surface area contributed by atoms with Crippen LogP contribution in [0, 0.1) is 18.8 Å². The van der Waals surface area contributed by atoms with Gasteiger partial charge in [-0.3, -0.25) is 4.79 Å². The molecule has 2 atom stereocenters. The lowest BCUT2D eigenvalue weighted by Crippen LogP contribution is -2.19. The summed E-state index contributed by atoms with van der Waals surface area (Å²) >= 11 is 0. The molecule has 1 aliphatic rings. The Labute approximate surface area is 147 Å². The van der Waals surface area contributed by atoms with Crippen molar-refractivity contribution in [3.05, 3.63) is 33.9 Å². The molecule has 0 amide bonds. The third kappa shape index (κ3) is 3.34. The summed E-state index contributed by atoms with van der Waals surface area (Å²) in [6.45, 7) is 7.34. The number of carboxylic acids is 1. The van der Waals surface area contributed by atoms with E-state index in [4.69, 9.17) is 14.6 Å². The molecule has 2 rings (SSSR count). The number of ether oxygens (including phenoxy) is 2. The number of esters is 1. The summed E-state index contributed by atoms with van der Waals surface area (Å²) in [5.41, 5.74) is 3.03. The Kier molecular flexibility index (Phi) is 5.40. The summed E-state index contributed by atoms with van der Waals surface area (Å²) < 4.78 is 10.5. The Hall–Kier alpha value is -2.50. The number of phenols is 1. The summed E-state index contributed by atoms with van der Waals surface area (Å²) in [5.74, 6) is -1.64. The molecule has 2 unspecified atom stereocenters. The van der Waals surface area contributed by atoms with Gasteiger partial charge in [0.1, 0.15) is 23.7 Å². The number of carbonyl (C=O) groups excluding carboxylic acids is 1. The molecule has 1 heterocycles.